The highest BCUT2D eigenvalue weighted by atomic mass is 32.2. The molecule has 4 nitrogen and oxygen atoms in total. The van der Waals surface area contributed by atoms with E-state index in [9.17, 15) is 0 Å². The van der Waals surface area contributed by atoms with Crippen molar-refractivity contribution in [2.24, 2.45) is 0 Å². The van der Waals surface area contributed by atoms with Gasteiger partial charge in [0.2, 0.25) is 0 Å². The van der Waals surface area contributed by atoms with Crippen LogP contribution in [0.3, 0.4) is 0 Å². The number of ether oxygens (including phenoxy) is 1. The van der Waals surface area contributed by atoms with Crippen LogP contribution in [-0.4, -0.2) is 22.5 Å². The summed E-state index contributed by atoms with van der Waals surface area (Å²) >= 11 is 1.14. The first kappa shape index (κ1) is 17.4. The van der Waals surface area contributed by atoms with Gasteiger partial charge in [-0.05, 0) is 31.7 Å². The number of aromatic nitrogens is 2. The lowest BCUT2D eigenvalue weighted by atomic mass is 9.91. The molecule has 0 spiro atoms. The molecule has 2 rings (SSSR count). The van der Waals surface area contributed by atoms with Crippen molar-refractivity contribution in [2.45, 2.75) is 82.4 Å². The number of hydrogen-bond acceptors (Lipinski definition) is 4. The summed E-state index contributed by atoms with van der Waals surface area (Å²) in [5.74, 6) is 0. The van der Waals surface area contributed by atoms with E-state index < -0.39 is 0 Å². The van der Waals surface area contributed by atoms with Gasteiger partial charge in [0.1, 0.15) is 10.4 Å². The Kier molecular flexibility index (Phi) is 5.94. The molecule has 0 unspecified atom stereocenters. The Labute approximate surface area is 138 Å². The number of thioether (sulfide) groups is 1. The molecule has 0 aliphatic heterocycles. The lowest BCUT2D eigenvalue weighted by molar-refractivity contribution is 0.0251. The molecule has 0 radical (unpaired) electrons. The van der Waals surface area contributed by atoms with E-state index in [1.165, 1.54) is 12.1 Å². The third kappa shape index (κ3) is 4.05. The molecular weight excluding hydrogens is 294 g/mol. The molecule has 1 aromatic heterocycles. The van der Waals surface area contributed by atoms with Crippen LogP contribution in [0, 0.1) is 10.7 Å². The van der Waals surface area contributed by atoms with E-state index in [-0.39, 0.29) is 11.5 Å². The van der Waals surface area contributed by atoms with Gasteiger partial charge in [-0.3, -0.25) is 4.68 Å². The van der Waals surface area contributed by atoms with Crippen molar-refractivity contribution in [3.8, 4) is 5.40 Å². The second kappa shape index (κ2) is 7.52. The summed E-state index contributed by atoms with van der Waals surface area (Å²) in [6, 6.07) is 2.37. The predicted molar refractivity (Wildman–Crippen MR) is 89.9 cm³/mol. The molecule has 1 saturated carbocycles. The molecule has 1 aromatic rings. The molecule has 0 saturated heterocycles. The number of unbranched alkanes of at least 4 members (excludes halogenated alkanes) is 1. The van der Waals surface area contributed by atoms with Crippen LogP contribution in [-0.2, 0) is 10.2 Å². The molecule has 0 bridgehead atoms. The minimum absolute atomic E-state index is 0.0117. The Balaban J connectivity index is 2.23. The number of hydrogen-bond donors (Lipinski definition) is 0. The van der Waals surface area contributed by atoms with Crippen LogP contribution in [0.5, 0.6) is 0 Å². The third-order valence-corrected chi connectivity index (χ3v) is 4.69. The van der Waals surface area contributed by atoms with Gasteiger partial charge in [0, 0.05) is 29.5 Å². The van der Waals surface area contributed by atoms with Crippen LogP contribution < -0.4 is 0 Å². The van der Waals surface area contributed by atoms with Gasteiger partial charge < -0.3 is 4.74 Å². The van der Waals surface area contributed by atoms with Crippen LogP contribution >= 0.6 is 11.8 Å². The maximum absolute atomic E-state index is 8.92. The van der Waals surface area contributed by atoms with Gasteiger partial charge in [0.15, 0.2) is 0 Å². The van der Waals surface area contributed by atoms with Gasteiger partial charge in [-0.15, -0.1) is 0 Å². The first-order valence-corrected chi connectivity index (χ1v) is 9.06. The van der Waals surface area contributed by atoms with Crippen LogP contribution in [0.4, 0.5) is 0 Å². The maximum atomic E-state index is 8.92. The quantitative estimate of drug-likeness (QED) is 0.434. The molecular formula is C17H27N3OS. The molecule has 5 heteroatoms. The molecule has 1 aliphatic rings. The van der Waals surface area contributed by atoms with E-state index >= 15 is 0 Å². The van der Waals surface area contributed by atoms with E-state index in [0.717, 1.165) is 49.1 Å². The molecule has 1 heterocycles. The standard InChI is InChI=1S/C17H27N3OS/c1-5-6-10-21-14-9-7-8-13(14)20-15(17(2,3)4)11-16(19-20)22-12-18/h11,13-14H,5-10H2,1-4H3/t13-,14+/m0/s1. The fourth-order valence-electron chi connectivity index (χ4n) is 3.04. The molecule has 22 heavy (non-hydrogen) atoms. The zero-order valence-corrected chi connectivity index (χ0v) is 14.9. The van der Waals surface area contributed by atoms with Crippen LogP contribution in [0.2, 0.25) is 0 Å². The van der Waals surface area contributed by atoms with Crippen molar-refractivity contribution in [1.29, 1.82) is 5.26 Å². The monoisotopic (exact) mass is 321 g/mol. The minimum atomic E-state index is 0.0117. The Bertz CT molecular complexity index is 527. The second-order valence-corrected chi connectivity index (χ2v) is 7.82. The Morgan fingerprint density at radius 1 is 1.45 bits per heavy atom. The van der Waals surface area contributed by atoms with Gasteiger partial charge in [-0.2, -0.15) is 10.4 Å². The lowest BCUT2D eigenvalue weighted by Crippen LogP contribution is -2.28. The molecule has 0 aromatic carbocycles. The highest BCUT2D eigenvalue weighted by Crippen LogP contribution is 2.37. The van der Waals surface area contributed by atoms with Crippen molar-refractivity contribution >= 4 is 11.8 Å². The number of nitriles is 1. The highest BCUT2D eigenvalue weighted by molar-refractivity contribution is 8.03. The summed E-state index contributed by atoms with van der Waals surface area (Å²) in [7, 11) is 0. The molecule has 122 valence electrons. The van der Waals surface area contributed by atoms with Gasteiger partial charge in [-0.1, -0.05) is 34.1 Å². The van der Waals surface area contributed by atoms with E-state index in [1.54, 1.807) is 0 Å². The predicted octanol–water partition coefficient (Wildman–Crippen LogP) is 4.66. The number of nitrogens with zero attached hydrogens (tertiary/aromatic N) is 3. The zero-order chi connectivity index (χ0) is 16.2. The van der Waals surface area contributed by atoms with Gasteiger partial charge in [-0.25, -0.2) is 0 Å². The lowest BCUT2D eigenvalue weighted by Gasteiger charge is -2.27. The molecule has 1 aliphatic carbocycles. The Morgan fingerprint density at radius 3 is 2.86 bits per heavy atom. The maximum Gasteiger partial charge on any atom is 0.140 e. The first-order valence-electron chi connectivity index (χ1n) is 8.25. The average molecular weight is 321 g/mol. The fourth-order valence-corrected chi connectivity index (χ4v) is 3.43. The number of thiocyanates is 1. The van der Waals surface area contributed by atoms with Crippen molar-refractivity contribution < 1.29 is 4.74 Å². The van der Waals surface area contributed by atoms with Gasteiger partial charge in [0.05, 0.1) is 12.1 Å². The highest BCUT2D eigenvalue weighted by Gasteiger charge is 2.34. The minimum Gasteiger partial charge on any atom is -0.376 e. The van der Waals surface area contributed by atoms with E-state index in [2.05, 4.69) is 43.8 Å². The average Bonchev–Trinajstić information content (AvgIpc) is 3.05. The molecule has 2 atom stereocenters. The summed E-state index contributed by atoms with van der Waals surface area (Å²) < 4.78 is 8.26. The fraction of sp³-hybridized carbons (Fsp3) is 0.765. The first-order chi connectivity index (χ1) is 10.5. The number of rotatable bonds is 6. The Hall–Kier alpha value is -0.990. The second-order valence-electron chi connectivity index (χ2n) is 7.02. The van der Waals surface area contributed by atoms with E-state index in [4.69, 9.17) is 15.1 Å². The van der Waals surface area contributed by atoms with Crippen molar-refractivity contribution in [3.63, 3.8) is 0 Å². The van der Waals surface area contributed by atoms with Gasteiger partial charge >= 0.3 is 0 Å². The summed E-state index contributed by atoms with van der Waals surface area (Å²) in [5, 5.41) is 16.6. The topological polar surface area (TPSA) is 50.8 Å². The summed E-state index contributed by atoms with van der Waals surface area (Å²) in [4.78, 5) is 0. The normalized spacial score (nSPS) is 22.0. The Morgan fingerprint density at radius 2 is 2.23 bits per heavy atom. The molecule has 1 fully saturated rings. The van der Waals surface area contributed by atoms with Crippen LogP contribution in [0.1, 0.15) is 71.5 Å². The summed E-state index contributed by atoms with van der Waals surface area (Å²) in [5.41, 5.74) is 1.21. The third-order valence-electron chi connectivity index (χ3n) is 4.19. The van der Waals surface area contributed by atoms with Gasteiger partial charge in [0.25, 0.3) is 0 Å². The smallest absolute Gasteiger partial charge is 0.140 e. The zero-order valence-electron chi connectivity index (χ0n) is 14.1. The van der Waals surface area contributed by atoms with E-state index in [1.807, 2.05) is 0 Å². The summed E-state index contributed by atoms with van der Waals surface area (Å²) in [6.07, 6.45) is 5.94. The van der Waals surface area contributed by atoms with Crippen molar-refractivity contribution in [3.05, 3.63) is 11.8 Å². The summed E-state index contributed by atoms with van der Waals surface area (Å²) in [6.45, 7) is 9.62. The largest absolute Gasteiger partial charge is 0.376 e. The molecule has 0 N–H and O–H groups in total. The van der Waals surface area contributed by atoms with E-state index in [0.29, 0.717) is 6.04 Å². The van der Waals surface area contributed by atoms with Crippen molar-refractivity contribution in [2.75, 3.05) is 6.61 Å². The van der Waals surface area contributed by atoms with Crippen LogP contribution in [0.15, 0.2) is 11.1 Å². The van der Waals surface area contributed by atoms with Crippen molar-refractivity contribution in [1.82, 2.24) is 9.78 Å². The van der Waals surface area contributed by atoms with Crippen LogP contribution in [0.25, 0.3) is 0 Å². The molecule has 0 amide bonds. The SMILES string of the molecule is CCCCO[C@@H]1CCC[C@@H]1n1nc(SC#N)cc1C(C)(C)C.